The summed E-state index contributed by atoms with van der Waals surface area (Å²) in [6.07, 6.45) is 2.92. The zero-order valence-electron chi connectivity index (χ0n) is 22.4. The number of hydrogen-bond donors (Lipinski definition) is 1. The summed E-state index contributed by atoms with van der Waals surface area (Å²) in [6.45, 7) is 2.85. The summed E-state index contributed by atoms with van der Waals surface area (Å²) in [7, 11) is 0. The molecule has 0 bridgehead atoms. The number of ketones is 1. The van der Waals surface area contributed by atoms with E-state index < -0.39 is 13.3 Å². The van der Waals surface area contributed by atoms with Crippen LogP contribution in [-0.4, -0.2) is 29.1 Å². The Balaban J connectivity index is 0.000000468. The van der Waals surface area contributed by atoms with E-state index in [-0.39, 0.29) is 37.5 Å². The minimum Gasteiger partial charge on any atom is 0 e. The smallest absolute Gasteiger partial charge is 0 e. The van der Waals surface area contributed by atoms with Crippen LogP contribution in [0.4, 0.5) is 4.39 Å². The molecule has 5 rings (SSSR count). The van der Waals surface area contributed by atoms with Crippen molar-refractivity contribution in [3.63, 3.8) is 0 Å². The molecule has 0 amide bonds. The Kier molecular flexibility index (Phi) is 9.45. The minimum absolute atomic E-state index is 0. The van der Waals surface area contributed by atoms with E-state index in [1.54, 1.807) is 18.3 Å². The number of hydrogen-bond acceptors (Lipinski definition) is 4. The third-order valence-electron chi connectivity index (χ3n) is 6.26. The van der Waals surface area contributed by atoms with E-state index in [1.807, 2.05) is 42.5 Å². The number of nitrogens with zero attached hydrogens (tertiary/aromatic N) is 2. The number of halogens is 1. The van der Waals surface area contributed by atoms with Gasteiger partial charge in [0.05, 0.1) is 5.76 Å². The molecule has 39 heavy (non-hydrogen) atoms. The summed E-state index contributed by atoms with van der Waals surface area (Å²) in [5.74, 6) is 6.62. The summed E-state index contributed by atoms with van der Waals surface area (Å²) >= 11 is -2.08. The van der Waals surface area contributed by atoms with Crippen molar-refractivity contribution in [2.75, 3.05) is 0 Å². The second kappa shape index (κ2) is 12.2. The van der Waals surface area contributed by atoms with Gasteiger partial charge in [-0.05, 0) is 13.8 Å². The Morgan fingerprint density at radius 3 is 2.28 bits per heavy atom. The molecule has 0 aliphatic heterocycles. The summed E-state index contributed by atoms with van der Waals surface area (Å²) in [6, 6.07) is 24.8. The van der Waals surface area contributed by atoms with Crippen LogP contribution >= 0.6 is 0 Å². The maximum Gasteiger partial charge on any atom is 0 e. The number of benzene rings is 4. The van der Waals surface area contributed by atoms with E-state index >= 15 is 4.39 Å². The number of aromatic nitrogens is 1. The van der Waals surface area contributed by atoms with Crippen LogP contribution in [0.5, 0.6) is 0 Å². The first kappa shape index (κ1) is 30.2. The largest absolute Gasteiger partial charge is 0 e. The van der Waals surface area contributed by atoms with E-state index in [1.165, 1.54) is 24.3 Å². The Hall–Kier alpha value is -3.37. The van der Waals surface area contributed by atoms with E-state index in [9.17, 15) is 10.1 Å². The van der Waals surface area contributed by atoms with Gasteiger partial charge < -0.3 is 5.11 Å². The molecule has 1 radical (unpaired) electrons. The number of allylic oxidation sites excluding steroid dienone is 2. The van der Waals surface area contributed by atoms with Crippen LogP contribution in [0.1, 0.15) is 19.4 Å². The van der Waals surface area contributed by atoms with E-state index in [0.717, 1.165) is 26.9 Å². The first-order valence-electron chi connectivity index (χ1n) is 12.2. The molecule has 1 heterocycles. The SMILES string of the molecule is CC(=O)/C=C(/C)O.[CH3][Ge]([CH3])([CH3])[c]1ccc2c(c1)c(F)cc1c(-c3[c-]c4ccccc4c(C#N)c3)nccc12.[Ir]. The van der Waals surface area contributed by atoms with Crippen molar-refractivity contribution in [2.45, 2.75) is 31.1 Å². The molecule has 1 aromatic heterocycles. The number of carbonyl (C=O) groups is 1. The first-order chi connectivity index (χ1) is 18.0. The van der Waals surface area contributed by atoms with Gasteiger partial charge in [-0.15, -0.1) is 0 Å². The fourth-order valence-electron chi connectivity index (χ4n) is 4.46. The van der Waals surface area contributed by atoms with Crippen LogP contribution < -0.4 is 4.40 Å². The number of pyridine rings is 1. The van der Waals surface area contributed by atoms with Crippen LogP contribution in [0, 0.1) is 23.2 Å². The summed E-state index contributed by atoms with van der Waals surface area (Å²) < 4.78 is 16.6. The average molecular weight is 756 g/mol. The van der Waals surface area contributed by atoms with Gasteiger partial charge in [0.2, 0.25) is 0 Å². The van der Waals surface area contributed by atoms with Crippen LogP contribution in [0.15, 0.2) is 78.7 Å². The molecular formula is C32H28FGeIrN2O2-. The van der Waals surface area contributed by atoms with Crippen molar-refractivity contribution in [1.82, 2.24) is 4.98 Å². The molecule has 0 saturated carbocycles. The van der Waals surface area contributed by atoms with Gasteiger partial charge in [0.15, 0.2) is 5.78 Å². The maximum atomic E-state index is 15.3. The molecule has 0 aliphatic carbocycles. The average Bonchev–Trinajstić information content (AvgIpc) is 2.86. The molecule has 1 N–H and O–H groups in total. The monoisotopic (exact) mass is 758 g/mol. The third kappa shape index (κ3) is 6.62. The summed E-state index contributed by atoms with van der Waals surface area (Å²) in [5.41, 5.74) is 1.89. The second-order valence-electron chi connectivity index (χ2n) is 10.3. The van der Waals surface area contributed by atoms with E-state index in [2.05, 4.69) is 40.5 Å². The fourth-order valence-corrected chi connectivity index (χ4v) is 6.90. The molecular weight excluding hydrogens is 728 g/mol. The standard InChI is InChI=1S/C27H20FGeN2.C5H8O2.Ir/c1-29(2,3)20-8-9-22-23-10-11-31-27(25(23)15-26(28)24(22)14-20)18-12-17-6-4-5-7-21(17)19(13-18)16-30;1-4(6)3-5(2)7;/h4-11,13-15H,1-3H3;3,6H,1-2H3;/q-1;;/b;4-3-;. The van der Waals surface area contributed by atoms with Gasteiger partial charge in [-0.25, -0.2) is 0 Å². The number of fused-ring (bicyclic) bond motifs is 4. The molecule has 5 aromatic rings. The van der Waals surface area contributed by atoms with Gasteiger partial charge in [-0.2, -0.15) is 0 Å². The number of aliphatic hydroxyl groups is 1. The molecule has 7 heteroatoms. The quantitative estimate of drug-likeness (QED) is 0.0677. The van der Waals surface area contributed by atoms with Crippen molar-refractivity contribution < 1.29 is 34.4 Å². The molecule has 0 spiro atoms. The van der Waals surface area contributed by atoms with Crippen molar-refractivity contribution in [1.29, 1.82) is 5.26 Å². The molecule has 4 nitrogen and oxygen atoms in total. The van der Waals surface area contributed by atoms with Gasteiger partial charge in [-0.1, -0.05) is 6.07 Å². The van der Waals surface area contributed by atoms with Gasteiger partial charge in [-0.3, -0.25) is 4.79 Å². The van der Waals surface area contributed by atoms with Crippen LogP contribution in [0.2, 0.25) is 17.3 Å². The number of nitriles is 1. The Labute approximate surface area is 243 Å². The topological polar surface area (TPSA) is 74.0 Å². The van der Waals surface area contributed by atoms with Crippen molar-refractivity contribution in [3.8, 4) is 17.3 Å². The van der Waals surface area contributed by atoms with Crippen molar-refractivity contribution in [3.05, 3.63) is 96.1 Å². The molecule has 0 atom stereocenters. The number of aliphatic hydroxyl groups excluding tert-OH is 1. The van der Waals surface area contributed by atoms with E-state index in [0.29, 0.717) is 22.2 Å². The maximum absolute atomic E-state index is 15.3. The Morgan fingerprint density at radius 2 is 1.67 bits per heavy atom. The Morgan fingerprint density at radius 1 is 0.974 bits per heavy atom. The molecule has 4 aromatic carbocycles. The predicted molar refractivity (Wildman–Crippen MR) is 156 cm³/mol. The molecule has 0 fully saturated rings. The molecule has 0 saturated heterocycles. The van der Waals surface area contributed by atoms with Crippen molar-refractivity contribution >= 4 is 55.8 Å². The number of rotatable bonds is 3. The molecule has 199 valence electrons. The van der Waals surface area contributed by atoms with Gasteiger partial charge in [0.25, 0.3) is 0 Å². The molecule has 0 aliphatic rings. The third-order valence-corrected chi connectivity index (χ3v) is 10.5. The molecule has 0 unspecified atom stereocenters. The minimum atomic E-state index is -2.08. The summed E-state index contributed by atoms with van der Waals surface area (Å²) in [5, 5.41) is 22.9. The zero-order chi connectivity index (χ0) is 27.6. The van der Waals surface area contributed by atoms with Gasteiger partial charge in [0.1, 0.15) is 0 Å². The van der Waals surface area contributed by atoms with Crippen LogP contribution in [0.25, 0.3) is 43.6 Å². The van der Waals surface area contributed by atoms with Crippen LogP contribution in [-0.2, 0) is 24.9 Å². The van der Waals surface area contributed by atoms with Gasteiger partial charge in [0, 0.05) is 26.2 Å². The van der Waals surface area contributed by atoms with E-state index in [4.69, 9.17) is 5.11 Å². The first-order valence-corrected chi connectivity index (χ1v) is 19.6. The number of carbonyl (C=O) groups excluding carboxylic acids is 1. The van der Waals surface area contributed by atoms with Crippen LogP contribution in [0.3, 0.4) is 0 Å². The zero-order valence-corrected chi connectivity index (χ0v) is 26.9. The normalized spacial score (nSPS) is 11.5. The fraction of sp³-hybridized carbons (Fsp3) is 0.156. The predicted octanol–water partition coefficient (Wildman–Crippen LogP) is 7.60. The second-order valence-corrected chi connectivity index (χ2v) is 20.9. The Bertz CT molecular complexity index is 1780. The van der Waals surface area contributed by atoms with Crippen molar-refractivity contribution in [2.24, 2.45) is 0 Å². The van der Waals surface area contributed by atoms with Gasteiger partial charge >= 0.3 is 177 Å². The summed E-state index contributed by atoms with van der Waals surface area (Å²) in [4.78, 5) is 14.6.